The van der Waals surface area contributed by atoms with E-state index < -0.39 is 27.3 Å². The second-order valence-electron chi connectivity index (χ2n) is 14.0. The van der Waals surface area contributed by atoms with Gasteiger partial charge in [0.1, 0.15) is 11.9 Å². The number of rotatable bonds is 2. The molecule has 2 bridgehead atoms. The van der Waals surface area contributed by atoms with Gasteiger partial charge in [0.15, 0.2) is 0 Å². The first-order valence-electron chi connectivity index (χ1n) is 16.8. The van der Waals surface area contributed by atoms with Crippen molar-refractivity contribution in [2.24, 2.45) is 17.8 Å². The van der Waals surface area contributed by atoms with Crippen LogP contribution in [0.1, 0.15) is 80.3 Å². The zero-order chi connectivity index (χ0) is 33.3. The summed E-state index contributed by atoms with van der Waals surface area (Å²) in [6.45, 7) is 5.28. The van der Waals surface area contributed by atoms with E-state index in [1.165, 1.54) is 11.1 Å². The monoisotopic (exact) mass is 680 g/mol. The van der Waals surface area contributed by atoms with Crippen LogP contribution in [0.5, 0.6) is 5.75 Å². The van der Waals surface area contributed by atoms with Crippen LogP contribution in [0.2, 0.25) is 5.02 Å². The lowest BCUT2D eigenvalue weighted by atomic mass is 9.68. The highest BCUT2D eigenvalue weighted by molar-refractivity contribution is 7.90. The Morgan fingerprint density at radius 3 is 2.74 bits per heavy atom. The summed E-state index contributed by atoms with van der Waals surface area (Å²) >= 11 is 6.42. The van der Waals surface area contributed by atoms with Crippen LogP contribution in [0.3, 0.4) is 0 Å². The fraction of sp³-hybridized carbons (Fsp3) is 0.541. The van der Waals surface area contributed by atoms with Crippen LogP contribution in [-0.4, -0.2) is 62.2 Å². The summed E-state index contributed by atoms with van der Waals surface area (Å²) in [6, 6.07) is 11.4. The van der Waals surface area contributed by atoms with E-state index in [0.717, 1.165) is 54.9 Å². The Balaban J connectivity index is 1.41. The largest absolute Gasteiger partial charge is 0.490 e. The summed E-state index contributed by atoms with van der Waals surface area (Å²) in [6.07, 6.45) is 7.28. The average molecular weight is 681 g/mol. The van der Waals surface area contributed by atoms with Gasteiger partial charge in [0.2, 0.25) is 10.0 Å². The molecule has 6 rings (SSSR count). The molecule has 47 heavy (non-hydrogen) atoms. The molecule has 2 aromatic rings. The van der Waals surface area contributed by atoms with Gasteiger partial charge in [-0.3, -0.25) is 4.79 Å². The molecular weight excluding hydrogens is 636 g/mol. The third-order valence-corrected chi connectivity index (χ3v) is 13.1. The Labute approximate surface area is 283 Å². The SMILES string of the molecule is C[C@@H]1[C@@H](C)C/C=C(\C(O)C#CCCO)C[C@@H]2CC[C@H]2CN2C[C@@]3(CCCc4cc(Cl)ccc43)COc3ccc(cc32)C(=O)NS1(=O)=O. The fourth-order valence-electron chi connectivity index (χ4n) is 7.73. The molecule has 6 atom stereocenters. The number of allylic oxidation sites excluding steroid dienone is 1. The number of benzene rings is 2. The Morgan fingerprint density at radius 2 is 1.98 bits per heavy atom. The molecule has 1 spiro atoms. The van der Waals surface area contributed by atoms with Crippen molar-refractivity contribution in [2.75, 3.05) is 31.2 Å². The number of aryl methyl sites for hydroxylation is 1. The van der Waals surface area contributed by atoms with Crippen molar-refractivity contribution in [3.8, 4) is 17.6 Å². The number of anilines is 1. The summed E-state index contributed by atoms with van der Waals surface area (Å²) in [7, 11) is -4.00. The normalized spacial score (nSPS) is 30.4. The van der Waals surface area contributed by atoms with E-state index >= 15 is 0 Å². The van der Waals surface area contributed by atoms with Crippen molar-refractivity contribution in [3.05, 3.63) is 69.8 Å². The molecule has 10 heteroatoms. The number of hydrogen-bond acceptors (Lipinski definition) is 7. The lowest BCUT2D eigenvalue weighted by Crippen LogP contribution is -2.48. The van der Waals surface area contributed by atoms with E-state index in [2.05, 4.69) is 33.6 Å². The summed E-state index contributed by atoms with van der Waals surface area (Å²) < 4.78 is 35.7. The van der Waals surface area contributed by atoms with Crippen LogP contribution in [0.15, 0.2) is 48.0 Å². The number of halogens is 1. The predicted octanol–water partition coefficient (Wildman–Crippen LogP) is 5.39. The first kappa shape index (κ1) is 33.9. The molecule has 1 amide bonds. The van der Waals surface area contributed by atoms with Gasteiger partial charge in [-0.15, -0.1) is 0 Å². The van der Waals surface area contributed by atoms with Crippen molar-refractivity contribution < 1.29 is 28.2 Å². The standard InChI is InChI=1S/C37H45ClN2O6S/c1-24-8-9-28(34(42)7-3-4-17-41)18-26-10-11-30(26)21-40-22-37(16-5-6-27-19-31(38)13-14-32(27)37)23-46-35-15-12-29(20-33(35)40)36(43)39-47(44,45)25(24)2/h9,12-15,19-20,24-26,30,34,41-42H,4-6,8,10-11,16-18,21-23H2,1-2H3,(H,39,43)/b28-9-/t24-,25+,26-,30-,34?,37-/m0/s1. The van der Waals surface area contributed by atoms with Crippen molar-refractivity contribution in [1.29, 1.82) is 0 Å². The maximum Gasteiger partial charge on any atom is 0.264 e. The number of fused-ring (bicyclic) bond motifs is 4. The minimum atomic E-state index is -4.00. The van der Waals surface area contributed by atoms with E-state index in [-0.39, 0.29) is 29.9 Å². The van der Waals surface area contributed by atoms with Crippen LogP contribution in [-0.2, 0) is 21.9 Å². The van der Waals surface area contributed by atoms with E-state index in [1.807, 2.05) is 19.1 Å². The van der Waals surface area contributed by atoms with E-state index in [9.17, 15) is 23.4 Å². The minimum absolute atomic E-state index is 0.0800. The van der Waals surface area contributed by atoms with E-state index in [4.69, 9.17) is 16.3 Å². The fourth-order valence-corrected chi connectivity index (χ4v) is 9.21. The van der Waals surface area contributed by atoms with Crippen LogP contribution < -0.4 is 14.4 Å². The third-order valence-electron chi connectivity index (χ3n) is 10.9. The molecule has 0 aromatic heterocycles. The van der Waals surface area contributed by atoms with E-state index in [1.54, 1.807) is 25.1 Å². The number of amides is 1. The number of nitrogens with zero attached hydrogens (tertiary/aromatic N) is 1. The number of aliphatic hydroxyl groups excluding tert-OH is 2. The summed E-state index contributed by atoms with van der Waals surface area (Å²) in [5.74, 6) is 6.08. The van der Waals surface area contributed by atoms with Gasteiger partial charge in [0, 0.05) is 35.5 Å². The van der Waals surface area contributed by atoms with Crippen LogP contribution in [0.25, 0.3) is 0 Å². The zero-order valence-electron chi connectivity index (χ0n) is 27.2. The Morgan fingerprint density at radius 1 is 1.17 bits per heavy atom. The predicted molar refractivity (Wildman–Crippen MR) is 184 cm³/mol. The highest BCUT2D eigenvalue weighted by Gasteiger charge is 2.44. The molecule has 0 saturated heterocycles. The highest BCUT2D eigenvalue weighted by Crippen LogP contribution is 2.47. The average Bonchev–Trinajstić information content (AvgIpc) is 3.18. The molecule has 0 radical (unpaired) electrons. The Kier molecular flexibility index (Phi) is 9.96. The van der Waals surface area contributed by atoms with Gasteiger partial charge in [-0.05, 0) is 117 Å². The molecule has 1 fully saturated rings. The van der Waals surface area contributed by atoms with Gasteiger partial charge in [0.05, 0.1) is 24.2 Å². The zero-order valence-corrected chi connectivity index (χ0v) is 28.7. The first-order chi connectivity index (χ1) is 22.5. The summed E-state index contributed by atoms with van der Waals surface area (Å²) in [5, 5.41) is 20.2. The highest BCUT2D eigenvalue weighted by atomic mass is 35.5. The maximum atomic E-state index is 13.5. The number of nitrogens with one attached hydrogen (secondary N) is 1. The number of carbonyl (C=O) groups is 1. The number of aliphatic hydroxyl groups is 2. The minimum Gasteiger partial charge on any atom is -0.490 e. The maximum absolute atomic E-state index is 13.5. The molecule has 3 N–H and O–H groups in total. The number of ether oxygens (including phenoxy) is 1. The summed E-state index contributed by atoms with van der Waals surface area (Å²) in [5.41, 5.74) is 4.07. The lowest BCUT2D eigenvalue weighted by Gasteiger charge is -2.45. The molecule has 1 unspecified atom stereocenters. The smallest absolute Gasteiger partial charge is 0.264 e. The first-order valence-corrected chi connectivity index (χ1v) is 18.7. The van der Waals surface area contributed by atoms with Gasteiger partial charge < -0.3 is 19.8 Å². The quantitative estimate of drug-likeness (QED) is 0.288. The number of sulfonamides is 1. The number of carbonyl (C=O) groups excluding carboxylic acids is 1. The Hall–Kier alpha value is -3.03. The van der Waals surface area contributed by atoms with Crippen molar-refractivity contribution in [3.63, 3.8) is 0 Å². The van der Waals surface area contributed by atoms with Crippen molar-refractivity contribution in [1.82, 2.24) is 4.72 Å². The van der Waals surface area contributed by atoms with Gasteiger partial charge in [0.25, 0.3) is 5.91 Å². The second kappa shape index (κ2) is 13.8. The Bertz CT molecular complexity index is 1710. The molecule has 2 aliphatic heterocycles. The molecule has 2 heterocycles. The van der Waals surface area contributed by atoms with Gasteiger partial charge >= 0.3 is 0 Å². The van der Waals surface area contributed by atoms with Gasteiger partial charge in [-0.2, -0.15) is 0 Å². The van der Waals surface area contributed by atoms with Crippen LogP contribution >= 0.6 is 11.6 Å². The second-order valence-corrected chi connectivity index (χ2v) is 16.4. The van der Waals surface area contributed by atoms with Crippen LogP contribution in [0.4, 0.5) is 5.69 Å². The topological polar surface area (TPSA) is 116 Å². The van der Waals surface area contributed by atoms with Crippen LogP contribution in [0, 0.1) is 29.6 Å². The van der Waals surface area contributed by atoms with Crippen molar-refractivity contribution >= 4 is 33.2 Å². The molecule has 2 aliphatic carbocycles. The molecule has 4 aliphatic rings. The summed E-state index contributed by atoms with van der Waals surface area (Å²) in [4.78, 5) is 15.8. The molecule has 2 aromatic carbocycles. The number of hydrogen-bond donors (Lipinski definition) is 3. The molecule has 1 saturated carbocycles. The molecule has 252 valence electrons. The third kappa shape index (κ3) is 7.07. The van der Waals surface area contributed by atoms with Gasteiger partial charge in [-0.1, -0.05) is 42.5 Å². The lowest BCUT2D eigenvalue weighted by molar-refractivity contribution is 0.0981. The van der Waals surface area contributed by atoms with Crippen molar-refractivity contribution in [2.45, 2.75) is 82.0 Å². The molecule has 8 nitrogen and oxygen atoms in total. The molecular formula is C37H45ClN2O6S. The van der Waals surface area contributed by atoms with E-state index in [0.29, 0.717) is 43.6 Å². The van der Waals surface area contributed by atoms with Gasteiger partial charge in [-0.25, -0.2) is 13.1 Å².